The van der Waals surface area contributed by atoms with Crippen molar-refractivity contribution in [3.63, 3.8) is 0 Å². The molecule has 2 rings (SSSR count). The van der Waals surface area contributed by atoms with Crippen LogP contribution in [0.3, 0.4) is 0 Å². The maximum Gasteiger partial charge on any atom is 0.337 e. The van der Waals surface area contributed by atoms with Crippen LogP contribution in [0, 0.1) is 0 Å². The molecule has 5 heteroatoms. The van der Waals surface area contributed by atoms with Gasteiger partial charge in [-0.3, -0.25) is 4.90 Å². The highest BCUT2D eigenvalue weighted by Crippen LogP contribution is 2.26. The van der Waals surface area contributed by atoms with E-state index < -0.39 is 12.1 Å². The van der Waals surface area contributed by atoms with Crippen LogP contribution in [0.4, 0.5) is 0 Å². The number of hydrogen-bond donors (Lipinski definition) is 2. The van der Waals surface area contributed by atoms with E-state index in [1.807, 2.05) is 0 Å². The second kappa shape index (κ2) is 6.04. The molecule has 0 saturated carbocycles. The van der Waals surface area contributed by atoms with Gasteiger partial charge >= 0.3 is 5.97 Å². The summed E-state index contributed by atoms with van der Waals surface area (Å²) < 4.78 is 5.30. The number of aliphatic hydroxyl groups is 1. The molecule has 1 unspecified atom stereocenters. The molecule has 5 nitrogen and oxygen atoms in total. The summed E-state index contributed by atoms with van der Waals surface area (Å²) in [6.07, 6.45) is 0.905. The Balaban J connectivity index is 2.22. The Labute approximate surface area is 112 Å². The lowest BCUT2D eigenvalue weighted by atomic mass is 10.0. The molecule has 104 valence electrons. The van der Waals surface area contributed by atoms with Gasteiger partial charge in [-0.2, -0.15) is 0 Å². The fourth-order valence-electron chi connectivity index (χ4n) is 2.42. The van der Waals surface area contributed by atoms with Crippen molar-refractivity contribution < 1.29 is 19.7 Å². The molecule has 1 aliphatic rings. The number of aliphatic hydroxyl groups excluding tert-OH is 1. The van der Waals surface area contributed by atoms with Crippen LogP contribution in [0.5, 0.6) is 5.75 Å². The minimum absolute atomic E-state index is 0.391. The number of aliphatic carboxylic acids is 1. The summed E-state index contributed by atoms with van der Waals surface area (Å²) in [5.74, 6) is -0.509. The first kappa shape index (κ1) is 13.8. The Bertz CT molecular complexity index is 455. The molecule has 1 aromatic rings. The van der Waals surface area contributed by atoms with Gasteiger partial charge in [0.25, 0.3) is 0 Å². The molecular weight excluding hydrogens is 246 g/mol. The number of benzene rings is 1. The summed E-state index contributed by atoms with van der Waals surface area (Å²) in [5.41, 5.74) is 1.31. The van der Waals surface area contributed by atoms with E-state index in [0.717, 1.165) is 30.9 Å². The highest BCUT2D eigenvalue weighted by Gasteiger charge is 2.19. The number of ether oxygens (including phenoxy) is 1. The summed E-state index contributed by atoms with van der Waals surface area (Å²) in [7, 11) is 1.59. The number of carboxylic acids is 1. The quantitative estimate of drug-likeness (QED) is 0.842. The van der Waals surface area contributed by atoms with Crippen LogP contribution in [0.2, 0.25) is 0 Å². The van der Waals surface area contributed by atoms with Crippen molar-refractivity contribution in [3.05, 3.63) is 29.3 Å². The topological polar surface area (TPSA) is 70.0 Å². The van der Waals surface area contributed by atoms with Gasteiger partial charge in [0.2, 0.25) is 0 Å². The Morgan fingerprint density at radius 2 is 2.11 bits per heavy atom. The zero-order valence-corrected chi connectivity index (χ0v) is 11.0. The first-order valence-corrected chi connectivity index (χ1v) is 6.42. The van der Waals surface area contributed by atoms with Gasteiger partial charge < -0.3 is 14.9 Å². The van der Waals surface area contributed by atoms with Gasteiger partial charge in [0.15, 0.2) is 6.10 Å². The van der Waals surface area contributed by atoms with E-state index in [0.29, 0.717) is 5.56 Å². The molecule has 19 heavy (non-hydrogen) atoms. The zero-order chi connectivity index (χ0) is 13.8. The molecule has 1 aromatic carbocycles. The lowest BCUT2D eigenvalue weighted by molar-refractivity contribution is -0.146. The second-order valence-electron chi connectivity index (χ2n) is 4.80. The molecule has 1 saturated heterocycles. The van der Waals surface area contributed by atoms with Gasteiger partial charge in [-0.05, 0) is 43.6 Å². The van der Waals surface area contributed by atoms with E-state index in [1.165, 1.54) is 12.8 Å². The molecule has 2 N–H and O–H groups in total. The molecule has 1 aliphatic heterocycles. The number of likely N-dealkylation sites (tertiary alicyclic amines) is 1. The van der Waals surface area contributed by atoms with Crippen LogP contribution in [0.1, 0.15) is 30.1 Å². The van der Waals surface area contributed by atoms with Gasteiger partial charge in [-0.1, -0.05) is 6.07 Å². The van der Waals surface area contributed by atoms with Crippen molar-refractivity contribution in [2.24, 2.45) is 0 Å². The Kier molecular flexibility index (Phi) is 4.39. The van der Waals surface area contributed by atoms with Gasteiger partial charge in [-0.25, -0.2) is 4.79 Å². The first-order chi connectivity index (χ1) is 9.11. The normalized spacial score (nSPS) is 17.4. The van der Waals surface area contributed by atoms with Crippen molar-refractivity contribution in [3.8, 4) is 5.75 Å². The Morgan fingerprint density at radius 1 is 1.42 bits per heavy atom. The van der Waals surface area contributed by atoms with Crippen LogP contribution in [-0.2, 0) is 11.3 Å². The van der Waals surface area contributed by atoms with E-state index in [4.69, 9.17) is 9.84 Å². The number of carboxylic acid groups (broad SMARTS) is 1. The minimum Gasteiger partial charge on any atom is -0.496 e. The predicted octanol–water partition coefficient (Wildman–Crippen LogP) is 1.41. The van der Waals surface area contributed by atoms with Gasteiger partial charge in [0.05, 0.1) is 7.11 Å². The van der Waals surface area contributed by atoms with E-state index in [-0.39, 0.29) is 0 Å². The first-order valence-electron chi connectivity index (χ1n) is 6.42. The van der Waals surface area contributed by atoms with Crippen LogP contribution >= 0.6 is 0 Å². The fourth-order valence-corrected chi connectivity index (χ4v) is 2.42. The molecule has 0 radical (unpaired) electrons. The molecule has 0 spiro atoms. The number of methoxy groups -OCH3 is 1. The van der Waals surface area contributed by atoms with E-state index in [9.17, 15) is 9.90 Å². The lowest BCUT2D eigenvalue weighted by Gasteiger charge is -2.18. The van der Waals surface area contributed by atoms with Gasteiger partial charge in [0, 0.05) is 12.1 Å². The second-order valence-corrected chi connectivity index (χ2v) is 4.80. The van der Waals surface area contributed by atoms with E-state index >= 15 is 0 Å². The average Bonchev–Trinajstić information content (AvgIpc) is 2.90. The van der Waals surface area contributed by atoms with Gasteiger partial charge in [0.1, 0.15) is 5.75 Å². The largest absolute Gasteiger partial charge is 0.496 e. The van der Waals surface area contributed by atoms with Crippen molar-refractivity contribution in [2.75, 3.05) is 20.2 Å². The van der Waals surface area contributed by atoms with Crippen molar-refractivity contribution in [2.45, 2.75) is 25.5 Å². The number of carbonyl (C=O) groups is 1. The fraction of sp³-hybridized carbons (Fsp3) is 0.500. The van der Waals surface area contributed by atoms with Crippen molar-refractivity contribution in [1.82, 2.24) is 4.90 Å². The summed E-state index contributed by atoms with van der Waals surface area (Å²) >= 11 is 0. The summed E-state index contributed by atoms with van der Waals surface area (Å²) in [6.45, 7) is 2.83. The molecule has 1 fully saturated rings. The predicted molar refractivity (Wildman–Crippen MR) is 70.1 cm³/mol. The average molecular weight is 265 g/mol. The van der Waals surface area contributed by atoms with Crippen LogP contribution < -0.4 is 4.74 Å². The summed E-state index contributed by atoms with van der Waals surface area (Å²) in [4.78, 5) is 13.1. The Morgan fingerprint density at radius 3 is 2.68 bits per heavy atom. The minimum atomic E-state index is -1.48. The maximum atomic E-state index is 10.8. The molecule has 1 atom stereocenters. The lowest BCUT2D eigenvalue weighted by Crippen LogP contribution is -2.19. The number of hydrogen-bond acceptors (Lipinski definition) is 4. The van der Waals surface area contributed by atoms with Crippen LogP contribution in [0.25, 0.3) is 0 Å². The summed E-state index contributed by atoms with van der Waals surface area (Å²) in [6, 6.07) is 5.02. The highest BCUT2D eigenvalue weighted by atomic mass is 16.5. The molecule has 1 heterocycles. The van der Waals surface area contributed by atoms with Crippen molar-refractivity contribution in [1.29, 1.82) is 0 Å². The third-order valence-corrected chi connectivity index (χ3v) is 3.45. The summed E-state index contributed by atoms with van der Waals surface area (Å²) in [5, 5.41) is 18.4. The molecule has 0 amide bonds. The highest BCUT2D eigenvalue weighted by molar-refractivity contribution is 5.74. The van der Waals surface area contributed by atoms with Gasteiger partial charge in [-0.15, -0.1) is 0 Å². The third kappa shape index (κ3) is 3.24. The maximum absolute atomic E-state index is 10.8. The molecule has 0 aromatic heterocycles. The smallest absolute Gasteiger partial charge is 0.337 e. The monoisotopic (exact) mass is 265 g/mol. The molecule has 0 aliphatic carbocycles. The van der Waals surface area contributed by atoms with Crippen molar-refractivity contribution >= 4 is 5.97 Å². The number of nitrogens with zero attached hydrogens (tertiary/aromatic N) is 1. The zero-order valence-electron chi connectivity index (χ0n) is 11.0. The van der Waals surface area contributed by atoms with Crippen LogP contribution in [0.15, 0.2) is 18.2 Å². The molecular formula is C14H19NO4. The third-order valence-electron chi connectivity index (χ3n) is 3.45. The standard InChI is InChI=1S/C14H19NO4/c1-19-12-5-4-10(13(16)14(17)18)8-11(12)9-15-6-2-3-7-15/h4-5,8,13,16H,2-3,6-7,9H2,1H3,(H,17,18). The van der Waals surface area contributed by atoms with E-state index in [2.05, 4.69) is 4.90 Å². The Hall–Kier alpha value is -1.59. The van der Waals surface area contributed by atoms with Crippen LogP contribution in [-0.4, -0.2) is 41.3 Å². The molecule has 0 bridgehead atoms. The SMILES string of the molecule is COc1ccc(C(O)C(=O)O)cc1CN1CCCC1. The number of rotatable bonds is 5. The van der Waals surface area contributed by atoms with E-state index in [1.54, 1.807) is 25.3 Å².